The number of rotatable bonds is 2. The first kappa shape index (κ1) is 12.5. The summed E-state index contributed by atoms with van der Waals surface area (Å²) in [6, 6.07) is 10.0. The first-order valence-electron chi connectivity index (χ1n) is 5.96. The molecule has 0 fully saturated rings. The molecular weight excluding hydrogens is 266 g/mol. The summed E-state index contributed by atoms with van der Waals surface area (Å²) in [6.45, 7) is 1.93. The van der Waals surface area contributed by atoms with Crippen molar-refractivity contribution in [3.8, 4) is 11.5 Å². The molecule has 1 aliphatic heterocycles. The van der Waals surface area contributed by atoms with Crippen LogP contribution in [-0.2, 0) is 0 Å². The third kappa shape index (κ3) is 2.32. The van der Waals surface area contributed by atoms with Gasteiger partial charge in [-0.25, -0.2) is 0 Å². The van der Waals surface area contributed by atoms with Gasteiger partial charge in [0.1, 0.15) is 0 Å². The van der Waals surface area contributed by atoms with Crippen LogP contribution in [0.5, 0.6) is 11.5 Å². The number of nitrogen functional groups attached to an aromatic ring is 1. The van der Waals surface area contributed by atoms with Crippen LogP contribution in [0.1, 0.15) is 5.56 Å². The van der Waals surface area contributed by atoms with E-state index in [1.165, 1.54) is 12.1 Å². The number of benzene rings is 2. The predicted octanol–water partition coefficient (Wildman–Crippen LogP) is 3.64. The maximum Gasteiger partial charge on any atom is 0.586 e. The van der Waals surface area contributed by atoms with E-state index in [1.807, 2.05) is 25.1 Å². The van der Waals surface area contributed by atoms with Gasteiger partial charge in [-0.15, -0.1) is 8.78 Å². The molecule has 0 amide bonds. The van der Waals surface area contributed by atoms with Gasteiger partial charge in [0.25, 0.3) is 0 Å². The van der Waals surface area contributed by atoms with Crippen molar-refractivity contribution in [2.45, 2.75) is 13.2 Å². The number of anilines is 3. The van der Waals surface area contributed by atoms with Crippen LogP contribution in [0, 0.1) is 6.92 Å². The maximum atomic E-state index is 12.9. The molecule has 0 saturated carbocycles. The van der Waals surface area contributed by atoms with Crippen molar-refractivity contribution in [3.05, 3.63) is 42.0 Å². The largest absolute Gasteiger partial charge is 0.586 e. The fraction of sp³-hybridized carbons (Fsp3) is 0.143. The van der Waals surface area contributed by atoms with Crippen LogP contribution in [0.25, 0.3) is 0 Å². The van der Waals surface area contributed by atoms with Crippen molar-refractivity contribution >= 4 is 17.1 Å². The van der Waals surface area contributed by atoms with Crippen molar-refractivity contribution in [2.24, 2.45) is 0 Å². The topological polar surface area (TPSA) is 56.5 Å². The Morgan fingerprint density at radius 2 is 1.80 bits per heavy atom. The molecule has 0 unspecified atom stereocenters. The summed E-state index contributed by atoms with van der Waals surface area (Å²) in [5.74, 6) is 0.00288. The number of nitrogens with one attached hydrogen (secondary N) is 1. The van der Waals surface area contributed by atoms with Gasteiger partial charge in [0.15, 0.2) is 11.5 Å². The molecule has 0 atom stereocenters. The van der Waals surface area contributed by atoms with Gasteiger partial charge >= 0.3 is 6.29 Å². The van der Waals surface area contributed by atoms with E-state index < -0.39 is 6.29 Å². The monoisotopic (exact) mass is 278 g/mol. The van der Waals surface area contributed by atoms with E-state index >= 15 is 0 Å². The Morgan fingerprint density at radius 3 is 2.55 bits per heavy atom. The number of nitrogens with two attached hydrogens (primary N) is 1. The summed E-state index contributed by atoms with van der Waals surface area (Å²) in [4.78, 5) is 0. The van der Waals surface area contributed by atoms with Crippen LogP contribution in [-0.4, -0.2) is 6.29 Å². The summed E-state index contributed by atoms with van der Waals surface area (Å²) in [6.07, 6.45) is -3.61. The fourth-order valence-electron chi connectivity index (χ4n) is 1.98. The van der Waals surface area contributed by atoms with Crippen molar-refractivity contribution in [1.82, 2.24) is 0 Å². The normalized spacial score (nSPS) is 15.2. The quantitative estimate of drug-likeness (QED) is 0.823. The molecule has 0 saturated heterocycles. The molecule has 20 heavy (non-hydrogen) atoms. The molecule has 3 rings (SSSR count). The summed E-state index contributed by atoms with van der Waals surface area (Å²) in [7, 11) is 0. The molecule has 4 nitrogen and oxygen atoms in total. The van der Waals surface area contributed by atoms with E-state index in [9.17, 15) is 8.78 Å². The number of hydrogen-bond donors (Lipinski definition) is 2. The van der Waals surface area contributed by atoms with E-state index in [4.69, 9.17) is 5.73 Å². The van der Waals surface area contributed by atoms with Crippen molar-refractivity contribution in [3.63, 3.8) is 0 Å². The Bertz CT molecular complexity index is 674. The number of aryl methyl sites for hydroxylation is 1. The molecule has 3 N–H and O–H groups in total. The zero-order valence-electron chi connectivity index (χ0n) is 10.6. The number of ether oxygens (including phenoxy) is 2. The minimum atomic E-state index is -3.61. The van der Waals surface area contributed by atoms with E-state index in [0.29, 0.717) is 17.1 Å². The third-order valence-electron chi connectivity index (χ3n) is 2.89. The van der Waals surface area contributed by atoms with Gasteiger partial charge in [-0.2, -0.15) is 0 Å². The van der Waals surface area contributed by atoms with Gasteiger partial charge in [-0.05, 0) is 36.8 Å². The maximum absolute atomic E-state index is 12.9. The second-order valence-electron chi connectivity index (χ2n) is 4.54. The van der Waals surface area contributed by atoms with E-state index in [1.54, 1.807) is 6.07 Å². The van der Waals surface area contributed by atoms with Crippen LogP contribution >= 0.6 is 0 Å². The number of fused-ring (bicyclic) bond motifs is 1. The van der Waals surface area contributed by atoms with Crippen molar-refractivity contribution < 1.29 is 18.3 Å². The molecule has 104 valence electrons. The summed E-state index contributed by atoms with van der Waals surface area (Å²) >= 11 is 0. The molecule has 0 bridgehead atoms. The van der Waals surface area contributed by atoms with Crippen LogP contribution in [0.15, 0.2) is 36.4 Å². The number of halogens is 2. The molecule has 2 aromatic rings. The molecular formula is C14H12F2N2O2. The summed E-state index contributed by atoms with van der Waals surface area (Å²) < 4.78 is 34.6. The number of alkyl halides is 2. The molecule has 1 heterocycles. The lowest BCUT2D eigenvalue weighted by Gasteiger charge is -2.10. The van der Waals surface area contributed by atoms with Gasteiger partial charge in [-0.3, -0.25) is 0 Å². The van der Waals surface area contributed by atoms with Gasteiger partial charge in [0, 0.05) is 11.8 Å². The van der Waals surface area contributed by atoms with Crippen LogP contribution < -0.4 is 20.5 Å². The Morgan fingerprint density at radius 1 is 1.05 bits per heavy atom. The second kappa shape index (κ2) is 4.26. The van der Waals surface area contributed by atoms with Gasteiger partial charge < -0.3 is 20.5 Å². The molecule has 0 radical (unpaired) electrons. The average molecular weight is 278 g/mol. The molecule has 0 aliphatic carbocycles. The van der Waals surface area contributed by atoms with Crippen molar-refractivity contribution in [2.75, 3.05) is 11.1 Å². The summed E-state index contributed by atoms with van der Waals surface area (Å²) in [5.41, 5.74) is 8.78. The molecule has 1 aliphatic rings. The Hall–Kier alpha value is -2.50. The zero-order chi connectivity index (χ0) is 14.3. The number of hydrogen-bond acceptors (Lipinski definition) is 4. The van der Waals surface area contributed by atoms with Gasteiger partial charge in [0.05, 0.1) is 11.4 Å². The minimum Gasteiger partial charge on any atom is -0.397 e. The lowest BCUT2D eigenvalue weighted by Crippen LogP contribution is -2.25. The third-order valence-corrected chi connectivity index (χ3v) is 2.89. The smallest absolute Gasteiger partial charge is 0.397 e. The lowest BCUT2D eigenvalue weighted by molar-refractivity contribution is -0.286. The summed E-state index contributed by atoms with van der Waals surface area (Å²) in [5, 5.41) is 3.05. The van der Waals surface area contributed by atoms with Crippen LogP contribution in [0.3, 0.4) is 0 Å². The SMILES string of the molecule is Cc1ccc(Nc2ccc3c(c2)OC(F)(F)O3)c(N)c1. The van der Waals surface area contributed by atoms with Gasteiger partial charge in [0.2, 0.25) is 0 Å². The van der Waals surface area contributed by atoms with Crippen molar-refractivity contribution in [1.29, 1.82) is 0 Å². The highest BCUT2D eigenvalue weighted by atomic mass is 19.3. The van der Waals surface area contributed by atoms with Crippen LogP contribution in [0.2, 0.25) is 0 Å². The van der Waals surface area contributed by atoms with E-state index in [2.05, 4.69) is 14.8 Å². The lowest BCUT2D eigenvalue weighted by atomic mass is 10.2. The Labute approximate surface area is 114 Å². The standard InChI is InChI=1S/C14H12F2N2O2/c1-8-2-4-11(10(17)6-8)18-9-3-5-12-13(7-9)20-14(15,16)19-12/h2-7,18H,17H2,1H3. The highest BCUT2D eigenvalue weighted by Crippen LogP contribution is 2.42. The first-order valence-corrected chi connectivity index (χ1v) is 5.96. The molecule has 0 aromatic heterocycles. The second-order valence-corrected chi connectivity index (χ2v) is 4.54. The average Bonchev–Trinajstić information content (AvgIpc) is 2.66. The Kier molecular flexibility index (Phi) is 2.67. The van der Waals surface area contributed by atoms with E-state index in [0.717, 1.165) is 5.56 Å². The molecule has 0 spiro atoms. The highest BCUT2D eigenvalue weighted by Gasteiger charge is 2.43. The molecule has 6 heteroatoms. The highest BCUT2D eigenvalue weighted by molar-refractivity contribution is 5.74. The first-order chi connectivity index (χ1) is 9.43. The predicted molar refractivity (Wildman–Crippen MR) is 71.5 cm³/mol. The molecule has 2 aromatic carbocycles. The van der Waals surface area contributed by atoms with E-state index in [-0.39, 0.29) is 11.5 Å². The fourth-order valence-corrected chi connectivity index (χ4v) is 1.98. The minimum absolute atomic E-state index is 0.00863. The van der Waals surface area contributed by atoms with Gasteiger partial charge in [-0.1, -0.05) is 6.07 Å². The zero-order valence-corrected chi connectivity index (χ0v) is 10.6. The van der Waals surface area contributed by atoms with Crippen LogP contribution in [0.4, 0.5) is 25.8 Å². The Balaban J connectivity index is 1.86.